The summed E-state index contributed by atoms with van der Waals surface area (Å²) in [5.74, 6) is 0.242. The van der Waals surface area contributed by atoms with Crippen LogP contribution in [0.25, 0.3) is 0 Å². The third-order valence-electron chi connectivity index (χ3n) is 3.94. The second-order valence-electron chi connectivity index (χ2n) is 5.71. The molecule has 1 unspecified atom stereocenters. The fourth-order valence-corrected chi connectivity index (χ4v) is 2.75. The molecule has 3 nitrogen and oxygen atoms in total. The number of rotatable bonds is 8. The van der Waals surface area contributed by atoms with Crippen molar-refractivity contribution >= 4 is 5.97 Å². The third kappa shape index (κ3) is 5.07. The van der Waals surface area contributed by atoms with Gasteiger partial charge in [-0.3, -0.25) is 9.69 Å². The maximum atomic E-state index is 10.5. The van der Waals surface area contributed by atoms with Crippen molar-refractivity contribution in [1.82, 2.24) is 4.90 Å². The van der Waals surface area contributed by atoms with Crippen LogP contribution in [0.5, 0.6) is 0 Å². The molecule has 1 rings (SSSR count). The van der Waals surface area contributed by atoms with Gasteiger partial charge in [0.05, 0.1) is 0 Å². The Morgan fingerprint density at radius 2 is 2.00 bits per heavy atom. The second-order valence-corrected chi connectivity index (χ2v) is 5.71. The number of hydrogen-bond donors (Lipinski definition) is 1. The molecule has 100 valence electrons. The van der Waals surface area contributed by atoms with Crippen molar-refractivity contribution in [2.75, 3.05) is 6.54 Å². The van der Waals surface area contributed by atoms with Crippen LogP contribution >= 0.6 is 0 Å². The lowest BCUT2D eigenvalue weighted by atomic mass is 9.80. The highest BCUT2D eigenvalue weighted by atomic mass is 16.4. The summed E-state index contributed by atoms with van der Waals surface area (Å²) in [6.07, 6.45) is 6.53. The van der Waals surface area contributed by atoms with E-state index in [1.165, 1.54) is 25.7 Å². The number of carboxylic acid groups (broad SMARTS) is 1. The largest absolute Gasteiger partial charge is 0.481 e. The predicted octanol–water partition coefficient (Wildman–Crippen LogP) is 3.14. The number of carbonyl (C=O) groups is 1. The first kappa shape index (κ1) is 14.5. The van der Waals surface area contributed by atoms with Gasteiger partial charge in [0.15, 0.2) is 0 Å². The minimum absolute atomic E-state index is 0.291. The van der Waals surface area contributed by atoms with E-state index in [1.807, 2.05) is 0 Å². The summed E-state index contributed by atoms with van der Waals surface area (Å²) in [6, 6.07) is 1.10. The van der Waals surface area contributed by atoms with Crippen molar-refractivity contribution in [3.8, 4) is 0 Å². The lowest BCUT2D eigenvalue weighted by Crippen LogP contribution is -2.41. The predicted molar refractivity (Wildman–Crippen MR) is 70.1 cm³/mol. The molecular formula is C14H27NO2. The molecule has 0 aromatic heterocycles. The van der Waals surface area contributed by atoms with Crippen molar-refractivity contribution < 1.29 is 9.90 Å². The highest BCUT2D eigenvalue weighted by molar-refractivity contribution is 5.66. The van der Waals surface area contributed by atoms with E-state index in [1.54, 1.807) is 0 Å². The van der Waals surface area contributed by atoms with Crippen LogP contribution in [0, 0.1) is 5.92 Å². The van der Waals surface area contributed by atoms with E-state index in [9.17, 15) is 4.79 Å². The Bertz CT molecular complexity index is 236. The second kappa shape index (κ2) is 7.00. The molecular weight excluding hydrogens is 214 g/mol. The van der Waals surface area contributed by atoms with Crippen LogP contribution in [0.4, 0.5) is 0 Å². The molecule has 1 aliphatic rings. The number of carboxylic acids is 1. The standard InChI is InChI=1S/C14H27NO2/c1-11(2)15(9-5-8-14(16)17)12(3)10-13-6-4-7-13/h11-13H,4-10H2,1-3H3,(H,16,17). The molecule has 1 saturated carbocycles. The maximum Gasteiger partial charge on any atom is 0.303 e. The molecule has 1 atom stereocenters. The summed E-state index contributed by atoms with van der Waals surface area (Å²) >= 11 is 0. The van der Waals surface area contributed by atoms with Crippen molar-refractivity contribution in [3.05, 3.63) is 0 Å². The molecule has 0 spiro atoms. The molecule has 0 saturated heterocycles. The Labute approximate surface area is 105 Å². The number of hydrogen-bond acceptors (Lipinski definition) is 2. The molecule has 0 amide bonds. The van der Waals surface area contributed by atoms with Gasteiger partial charge < -0.3 is 5.11 Å². The van der Waals surface area contributed by atoms with Gasteiger partial charge in [-0.15, -0.1) is 0 Å². The minimum atomic E-state index is -0.680. The van der Waals surface area contributed by atoms with Crippen LogP contribution in [-0.4, -0.2) is 34.6 Å². The lowest BCUT2D eigenvalue weighted by molar-refractivity contribution is -0.137. The van der Waals surface area contributed by atoms with Gasteiger partial charge >= 0.3 is 5.97 Å². The van der Waals surface area contributed by atoms with E-state index in [0.717, 1.165) is 18.9 Å². The Morgan fingerprint density at radius 1 is 1.35 bits per heavy atom. The van der Waals surface area contributed by atoms with Crippen molar-refractivity contribution in [1.29, 1.82) is 0 Å². The minimum Gasteiger partial charge on any atom is -0.481 e. The first-order chi connectivity index (χ1) is 8.00. The topological polar surface area (TPSA) is 40.5 Å². The third-order valence-corrected chi connectivity index (χ3v) is 3.94. The average Bonchev–Trinajstić information content (AvgIpc) is 2.17. The fourth-order valence-electron chi connectivity index (χ4n) is 2.75. The van der Waals surface area contributed by atoms with Crippen LogP contribution in [0.1, 0.15) is 59.3 Å². The van der Waals surface area contributed by atoms with Crippen LogP contribution in [0.3, 0.4) is 0 Å². The van der Waals surface area contributed by atoms with Crippen LogP contribution in [-0.2, 0) is 4.79 Å². The first-order valence-corrected chi connectivity index (χ1v) is 6.98. The first-order valence-electron chi connectivity index (χ1n) is 6.98. The SMILES string of the molecule is CC(C)N(CCCC(=O)O)C(C)CC1CCC1. The summed E-state index contributed by atoms with van der Waals surface area (Å²) in [5.41, 5.74) is 0. The highest BCUT2D eigenvalue weighted by Crippen LogP contribution is 2.32. The van der Waals surface area contributed by atoms with E-state index >= 15 is 0 Å². The molecule has 3 heteroatoms. The summed E-state index contributed by atoms with van der Waals surface area (Å²) < 4.78 is 0. The van der Waals surface area contributed by atoms with Gasteiger partial charge in [0.1, 0.15) is 0 Å². The summed E-state index contributed by atoms with van der Waals surface area (Å²) in [5, 5.41) is 8.68. The van der Waals surface area contributed by atoms with Crippen LogP contribution < -0.4 is 0 Å². The molecule has 0 bridgehead atoms. The Hall–Kier alpha value is -0.570. The van der Waals surface area contributed by atoms with Gasteiger partial charge in [0.2, 0.25) is 0 Å². The Morgan fingerprint density at radius 3 is 2.41 bits per heavy atom. The average molecular weight is 241 g/mol. The van der Waals surface area contributed by atoms with E-state index in [4.69, 9.17) is 5.11 Å². The smallest absolute Gasteiger partial charge is 0.303 e. The zero-order valence-corrected chi connectivity index (χ0v) is 11.5. The summed E-state index contributed by atoms with van der Waals surface area (Å²) in [4.78, 5) is 13.0. The molecule has 0 heterocycles. The van der Waals surface area contributed by atoms with Gasteiger partial charge in [-0.2, -0.15) is 0 Å². The van der Waals surface area contributed by atoms with Crippen LogP contribution in [0.2, 0.25) is 0 Å². The van der Waals surface area contributed by atoms with Gasteiger partial charge in [-0.1, -0.05) is 19.3 Å². The van der Waals surface area contributed by atoms with Gasteiger partial charge in [-0.05, 0) is 46.1 Å². The Balaban J connectivity index is 2.31. The summed E-state index contributed by atoms with van der Waals surface area (Å²) in [7, 11) is 0. The lowest BCUT2D eigenvalue weighted by Gasteiger charge is -2.37. The molecule has 0 radical (unpaired) electrons. The molecule has 0 aromatic rings. The molecule has 1 fully saturated rings. The van der Waals surface area contributed by atoms with E-state index < -0.39 is 5.97 Å². The van der Waals surface area contributed by atoms with Crippen LogP contribution in [0.15, 0.2) is 0 Å². The number of aliphatic carboxylic acids is 1. The molecule has 1 N–H and O–H groups in total. The van der Waals surface area contributed by atoms with Crippen molar-refractivity contribution in [2.45, 2.75) is 71.4 Å². The van der Waals surface area contributed by atoms with Gasteiger partial charge in [-0.25, -0.2) is 0 Å². The molecule has 17 heavy (non-hydrogen) atoms. The van der Waals surface area contributed by atoms with Crippen molar-refractivity contribution in [2.24, 2.45) is 5.92 Å². The van der Waals surface area contributed by atoms with Gasteiger partial charge in [0, 0.05) is 18.5 Å². The molecule has 0 aliphatic heterocycles. The zero-order valence-electron chi connectivity index (χ0n) is 11.5. The van der Waals surface area contributed by atoms with E-state index in [2.05, 4.69) is 25.7 Å². The molecule has 1 aliphatic carbocycles. The monoisotopic (exact) mass is 241 g/mol. The van der Waals surface area contributed by atoms with Gasteiger partial charge in [0.25, 0.3) is 0 Å². The zero-order chi connectivity index (χ0) is 12.8. The fraction of sp³-hybridized carbons (Fsp3) is 0.929. The summed E-state index contributed by atoms with van der Waals surface area (Å²) in [6.45, 7) is 7.62. The maximum absolute atomic E-state index is 10.5. The quantitative estimate of drug-likeness (QED) is 0.709. The van der Waals surface area contributed by atoms with E-state index in [0.29, 0.717) is 18.5 Å². The highest BCUT2D eigenvalue weighted by Gasteiger charge is 2.24. The molecule has 0 aromatic carbocycles. The van der Waals surface area contributed by atoms with Crippen molar-refractivity contribution in [3.63, 3.8) is 0 Å². The number of nitrogens with zero attached hydrogens (tertiary/aromatic N) is 1. The normalized spacial score (nSPS) is 18.4. The van der Waals surface area contributed by atoms with E-state index in [-0.39, 0.29) is 0 Å². The Kier molecular flexibility index (Phi) is 5.96.